The van der Waals surface area contributed by atoms with Crippen molar-refractivity contribution in [2.24, 2.45) is 0 Å². The van der Waals surface area contributed by atoms with Crippen LogP contribution >= 0.6 is 0 Å². The Morgan fingerprint density at radius 2 is 1.41 bits per heavy atom. The number of fused-ring (bicyclic) bond motifs is 1. The van der Waals surface area contributed by atoms with Crippen LogP contribution in [0, 0.1) is 0 Å². The molecule has 174 valence electrons. The van der Waals surface area contributed by atoms with Crippen molar-refractivity contribution in [1.29, 1.82) is 0 Å². The standard InChI is InChI=1S/C30H33N3O/c1-3-11-25(12-4-1)30(26-13-5-2-6-14-26)33-22-20-32(21-23-33)19-7-8-24-34-29-17-9-16-28-27(29)15-10-18-31-28/h1-6,9-18,30H,7-8,19-24H2. The quantitative estimate of drug-likeness (QED) is 0.301. The number of unbranched alkanes of at least 4 members (excludes halogenated alkanes) is 1. The van der Waals surface area contributed by atoms with Gasteiger partial charge in [0.25, 0.3) is 0 Å². The lowest BCUT2D eigenvalue weighted by molar-refractivity contribution is 0.107. The Kier molecular flexibility index (Phi) is 7.49. The fourth-order valence-corrected chi connectivity index (χ4v) is 4.95. The van der Waals surface area contributed by atoms with Gasteiger partial charge >= 0.3 is 0 Å². The van der Waals surface area contributed by atoms with Crippen LogP contribution in [0.3, 0.4) is 0 Å². The van der Waals surface area contributed by atoms with Gasteiger partial charge in [-0.15, -0.1) is 0 Å². The number of ether oxygens (including phenoxy) is 1. The summed E-state index contributed by atoms with van der Waals surface area (Å²) in [5.41, 5.74) is 3.74. The summed E-state index contributed by atoms with van der Waals surface area (Å²) in [5, 5.41) is 1.09. The predicted molar refractivity (Wildman–Crippen MR) is 139 cm³/mol. The third kappa shape index (κ3) is 5.46. The monoisotopic (exact) mass is 451 g/mol. The summed E-state index contributed by atoms with van der Waals surface area (Å²) < 4.78 is 6.09. The molecule has 0 amide bonds. The molecular weight excluding hydrogens is 418 g/mol. The van der Waals surface area contributed by atoms with E-state index in [-0.39, 0.29) is 0 Å². The number of benzene rings is 3. The SMILES string of the molecule is c1ccc(C(c2ccccc2)N2CCN(CCCCOc3cccc4ncccc34)CC2)cc1. The van der Waals surface area contributed by atoms with Gasteiger partial charge in [0.15, 0.2) is 0 Å². The van der Waals surface area contributed by atoms with Gasteiger partial charge in [0, 0.05) is 37.8 Å². The zero-order valence-corrected chi connectivity index (χ0v) is 19.7. The molecule has 0 bridgehead atoms. The molecule has 4 aromatic rings. The topological polar surface area (TPSA) is 28.6 Å². The van der Waals surface area contributed by atoms with E-state index in [1.807, 2.05) is 30.5 Å². The first-order valence-corrected chi connectivity index (χ1v) is 12.4. The van der Waals surface area contributed by atoms with Gasteiger partial charge < -0.3 is 9.64 Å². The molecule has 0 radical (unpaired) electrons. The van der Waals surface area contributed by atoms with Gasteiger partial charge in [0.2, 0.25) is 0 Å². The minimum absolute atomic E-state index is 0.327. The summed E-state index contributed by atoms with van der Waals surface area (Å²) in [6.45, 7) is 6.30. The lowest BCUT2D eigenvalue weighted by atomic mass is 9.96. The van der Waals surface area contributed by atoms with Gasteiger partial charge in [-0.25, -0.2) is 0 Å². The third-order valence-electron chi connectivity index (χ3n) is 6.73. The van der Waals surface area contributed by atoms with E-state index in [0.29, 0.717) is 6.04 Å². The number of piperazine rings is 1. The van der Waals surface area contributed by atoms with E-state index in [4.69, 9.17) is 4.74 Å². The molecule has 0 unspecified atom stereocenters. The first-order chi connectivity index (χ1) is 16.9. The molecule has 4 nitrogen and oxygen atoms in total. The molecule has 0 N–H and O–H groups in total. The highest BCUT2D eigenvalue weighted by Crippen LogP contribution is 2.29. The highest BCUT2D eigenvalue weighted by atomic mass is 16.5. The molecule has 0 saturated carbocycles. The van der Waals surface area contributed by atoms with E-state index < -0.39 is 0 Å². The van der Waals surface area contributed by atoms with Gasteiger partial charge in [-0.3, -0.25) is 9.88 Å². The fourth-order valence-electron chi connectivity index (χ4n) is 4.95. The Labute approximate surface area is 202 Å². The van der Waals surface area contributed by atoms with Crippen LogP contribution in [0.4, 0.5) is 0 Å². The number of nitrogens with zero attached hydrogens (tertiary/aromatic N) is 3. The average molecular weight is 452 g/mol. The van der Waals surface area contributed by atoms with Crippen molar-refractivity contribution in [1.82, 2.24) is 14.8 Å². The van der Waals surface area contributed by atoms with Gasteiger partial charge in [-0.2, -0.15) is 0 Å². The Morgan fingerprint density at radius 1 is 0.706 bits per heavy atom. The van der Waals surface area contributed by atoms with Crippen molar-refractivity contribution in [2.45, 2.75) is 18.9 Å². The normalized spacial score (nSPS) is 15.1. The maximum Gasteiger partial charge on any atom is 0.128 e. The summed E-state index contributed by atoms with van der Waals surface area (Å²) in [6, 6.07) is 32.3. The predicted octanol–water partition coefficient (Wildman–Crippen LogP) is 5.80. The van der Waals surface area contributed by atoms with Gasteiger partial charge in [0.1, 0.15) is 5.75 Å². The summed E-state index contributed by atoms with van der Waals surface area (Å²) in [7, 11) is 0. The van der Waals surface area contributed by atoms with Crippen LogP contribution in [0.25, 0.3) is 10.9 Å². The molecule has 1 fully saturated rings. The molecule has 1 aromatic heterocycles. The maximum atomic E-state index is 6.09. The van der Waals surface area contributed by atoms with Crippen molar-refractivity contribution < 1.29 is 4.74 Å². The highest BCUT2D eigenvalue weighted by Gasteiger charge is 2.26. The summed E-state index contributed by atoms with van der Waals surface area (Å²) in [6.07, 6.45) is 4.05. The van der Waals surface area contributed by atoms with Crippen LogP contribution in [0.15, 0.2) is 97.2 Å². The second-order valence-electron chi connectivity index (χ2n) is 8.98. The summed E-state index contributed by atoms with van der Waals surface area (Å²) in [5.74, 6) is 0.937. The minimum atomic E-state index is 0.327. The second-order valence-corrected chi connectivity index (χ2v) is 8.98. The summed E-state index contributed by atoms with van der Waals surface area (Å²) >= 11 is 0. The maximum absolute atomic E-state index is 6.09. The molecule has 1 aliphatic rings. The number of hydrogen-bond donors (Lipinski definition) is 0. The second kappa shape index (κ2) is 11.3. The number of pyridine rings is 1. The van der Waals surface area contributed by atoms with Crippen molar-refractivity contribution in [3.05, 3.63) is 108 Å². The lowest BCUT2D eigenvalue weighted by Crippen LogP contribution is -2.48. The first kappa shape index (κ1) is 22.6. The average Bonchev–Trinajstić information content (AvgIpc) is 2.91. The molecule has 5 rings (SSSR count). The largest absolute Gasteiger partial charge is 0.493 e. The molecule has 1 saturated heterocycles. The van der Waals surface area contributed by atoms with Crippen LogP contribution in [-0.2, 0) is 0 Å². The molecule has 3 aromatic carbocycles. The number of aromatic nitrogens is 1. The smallest absolute Gasteiger partial charge is 0.128 e. The minimum Gasteiger partial charge on any atom is -0.493 e. The van der Waals surface area contributed by atoms with E-state index in [9.17, 15) is 0 Å². The first-order valence-electron chi connectivity index (χ1n) is 12.4. The van der Waals surface area contributed by atoms with Crippen LogP contribution in [0.2, 0.25) is 0 Å². The van der Waals surface area contributed by atoms with E-state index in [1.165, 1.54) is 11.1 Å². The van der Waals surface area contributed by atoms with Crippen molar-refractivity contribution in [2.75, 3.05) is 39.3 Å². The lowest BCUT2D eigenvalue weighted by Gasteiger charge is -2.39. The van der Waals surface area contributed by atoms with Gasteiger partial charge in [0.05, 0.1) is 18.2 Å². The van der Waals surface area contributed by atoms with Gasteiger partial charge in [-0.05, 0) is 54.8 Å². The molecule has 0 aliphatic carbocycles. The molecule has 0 spiro atoms. The molecule has 34 heavy (non-hydrogen) atoms. The van der Waals surface area contributed by atoms with Crippen LogP contribution in [0.1, 0.15) is 30.0 Å². The Bertz CT molecular complexity index is 1110. The Balaban J connectivity index is 1.10. The van der Waals surface area contributed by atoms with E-state index in [1.54, 1.807) is 0 Å². The van der Waals surface area contributed by atoms with Crippen molar-refractivity contribution in [3.8, 4) is 5.75 Å². The fraction of sp³-hybridized carbons (Fsp3) is 0.300. The molecule has 1 aliphatic heterocycles. The molecular formula is C30H33N3O. The Morgan fingerprint density at radius 3 is 2.12 bits per heavy atom. The number of hydrogen-bond acceptors (Lipinski definition) is 4. The van der Waals surface area contributed by atoms with E-state index in [2.05, 4.69) is 81.5 Å². The Hall–Kier alpha value is -3.21. The zero-order chi connectivity index (χ0) is 23.0. The third-order valence-corrected chi connectivity index (χ3v) is 6.73. The molecule has 4 heteroatoms. The highest BCUT2D eigenvalue weighted by molar-refractivity contribution is 5.84. The van der Waals surface area contributed by atoms with E-state index in [0.717, 1.165) is 68.8 Å². The molecule has 0 atom stereocenters. The van der Waals surface area contributed by atoms with Crippen molar-refractivity contribution in [3.63, 3.8) is 0 Å². The van der Waals surface area contributed by atoms with Crippen molar-refractivity contribution >= 4 is 10.9 Å². The zero-order valence-electron chi connectivity index (χ0n) is 19.7. The van der Waals surface area contributed by atoms with E-state index >= 15 is 0 Å². The summed E-state index contributed by atoms with van der Waals surface area (Å²) in [4.78, 5) is 9.65. The van der Waals surface area contributed by atoms with Gasteiger partial charge in [-0.1, -0.05) is 66.7 Å². The number of rotatable bonds is 9. The van der Waals surface area contributed by atoms with Crippen LogP contribution in [0.5, 0.6) is 5.75 Å². The molecule has 2 heterocycles. The van der Waals surface area contributed by atoms with Crippen LogP contribution in [-0.4, -0.2) is 54.1 Å². The van der Waals surface area contributed by atoms with Crippen LogP contribution < -0.4 is 4.74 Å².